The van der Waals surface area contributed by atoms with Gasteiger partial charge in [0.05, 0.1) is 13.2 Å². The SMILES string of the molecule is CCCOC(=O)COC(O)C(=O)OCCC. The van der Waals surface area contributed by atoms with E-state index in [4.69, 9.17) is 5.11 Å². The summed E-state index contributed by atoms with van der Waals surface area (Å²) in [6.45, 7) is 3.70. The normalized spacial score (nSPS) is 11.9. The van der Waals surface area contributed by atoms with Crippen LogP contribution < -0.4 is 0 Å². The first-order chi connectivity index (χ1) is 7.61. The summed E-state index contributed by atoms with van der Waals surface area (Å²) < 4.78 is 13.8. The number of aliphatic hydroxyl groups excluding tert-OH is 1. The summed E-state index contributed by atoms with van der Waals surface area (Å²) >= 11 is 0. The van der Waals surface area contributed by atoms with E-state index >= 15 is 0 Å². The molecule has 1 atom stereocenters. The van der Waals surface area contributed by atoms with Gasteiger partial charge in [0.2, 0.25) is 0 Å². The first-order valence-corrected chi connectivity index (χ1v) is 5.23. The molecule has 0 saturated carbocycles. The van der Waals surface area contributed by atoms with Crippen molar-refractivity contribution in [3.63, 3.8) is 0 Å². The summed E-state index contributed by atoms with van der Waals surface area (Å²) in [6, 6.07) is 0. The van der Waals surface area contributed by atoms with Crippen molar-refractivity contribution >= 4 is 11.9 Å². The molecule has 0 bridgehead atoms. The van der Waals surface area contributed by atoms with Crippen LogP contribution in [0.1, 0.15) is 26.7 Å². The van der Waals surface area contributed by atoms with Crippen molar-refractivity contribution in [1.29, 1.82) is 0 Å². The zero-order valence-electron chi connectivity index (χ0n) is 9.60. The fraction of sp³-hybridized carbons (Fsp3) is 0.800. The largest absolute Gasteiger partial charge is 0.464 e. The van der Waals surface area contributed by atoms with Gasteiger partial charge in [-0.2, -0.15) is 0 Å². The lowest BCUT2D eigenvalue weighted by atomic mass is 10.5. The fourth-order valence-electron chi connectivity index (χ4n) is 0.747. The third-order valence-electron chi connectivity index (χ3n) is 1.48. The van der Waals surface area contributed by atoms with E-state index in [1.54, 1.807) is 0 Å². The fourth-order valence-corrected chi connectivity index (χ4v) is 0.747. The lowest BCUT2D eigenvalue weighted by molar-refractivity contribution is -0.187. The minimum atomic E-state index is -1.74. The van der Waals surface area contributed by atoms with Crippen LogP contribution in [0.3, 0.4) is 0 Å². The molecule has 94 valence electrons. The molecule has 0 saturated heterocycles. The minimum Gasteiger partial charge on any atom is -0.464 e. The highest BCUT2D eigenvalue weighted by molar-refractivity contribution is 5.74. The van der Waals surface area contributed by atoms with Crippen LogP contribution in [0.4, 0.5) is 0 Å². The third-order valence-corrected chi connectivity index (χ3v) is 1.48. The molecule has 0 rings (SSSR count). The predicted octanol–water partition coefficient (Wildman–Crippen LogP) is 0.228. The van der Waals surface area contributed by atoms with Crippen molar-refractivity contribution in [2.24, 2.45) is 0 Å². The van der Waals surface area contributed by atoms with Gasteiger partial charge in [0.15, 0.2) is 0 Å². The number of hydrogen-bond acceptors (Lipinski definition) is 6. The summed E-state index contributed by atoms with van der Waals surface area (Å²) in [7, 11) is 0. The molecule has 0 aliphatic carbocycles. The van der Waals surface area contributed by atoms with Crippen LogP contribution in [-0.2, 0) is 23.8 Å². The zero-order chi connectivity index (χ0) is 12.4. The van der Waals surface area contributed by atoms with Gasteiger partial charge in [-0.05, 0) is 12.8 Å². The molecule has 0 radical (unpaired) electrons. The average Bonchev–Trinajstić information content (AvgIpc) is 2.30. The van der Waals surface area contributed by atoms with Gasteiger partial charge in [-0.3, -0.25) is 0 Å². The molecule has 0 aliphatic rings. The second kappa shape index (κ2) is 9.11. The summed E-state index contributed by atoms with van der Waals surface area (Å²) in [4.78, 5) is 21.9. The molecule has 0 aromatic rings. The molecule has 6 heteroatoms. The van der Waals surface area contributed by atoms with Crippen molar-refractivity contribution < 1.29 is 28.9 Å². The third kappa shape index (κ3) is 7.19. The number of carbonyl (C=O) groups excluding carboxylic acids is 2. The van der Waals surface area contributed by atoms with Gasteiger partial charge >= 0.3 is 11.9 Å². The Bertz CT molecular complexity index is 215. The van der Waals surface area contributed by atoms with Crippen LogP contribution in [0.2, 0.25) is 0 Å². The van der Waals surface area contributed by atoms with Gasteiger partial charge in [0.25, 0.3) is 6.29 Å². The smallest absolute Gasteiger partial charge is 0.363 e. The van der Waals surface area contributed by atoms with E-state index in [1.807, 2.05) is 13.8 Å². The van der Waals surface area contributed by atoms with Crippen LogP contribution in [0, 0.1) is 0 Å². The maximum Gasteiger partial charge on any atom is 0.363 e. The van der Waals surface area contributed by atoms with Gasteiger partial charge in [-0.25, -0.2) is 9.59 Å². The molecule has 1 unspecified atom stereocenters. The Morgan fingerprint density at radius 2 is 1.69 bits per heavy atom. The molecule has 0 heterocycles. The van der Waals surface area contributed by atoms with Crippen LogP contribution in [0.15, 0.2) is 0 Å². The van der Waals surface area contributed by atoms with E-state index in [0.717, 1.165) is 0 Å². The van der Waals surface area contributed by atoms with Crippen LogP contribution in [0.5, 0.6) is 0 Å². The maximum absolute atomic E-state index is 11.0. The molecule has 0 amide bonds. The Balaban J connectivity index is 3.66. The van der Waals surface area contributed by atoms with Crippen molar-refractivity contribution in [2.75, 3.05) is 19.8 Å². The Morgan fingerprint density at radius 3 is 2.25 bits per heavy atom. The van der Waals surface area contributed by atoms with Crippen LogP contribution in [0.25, 0.3) is 0 Å². The van der Waals surface area contributed by atoms with E-state index in [0.29, 0.717) is 19.4 Å². The van der Waals surface area contributed by atoms with Gasteiger partial charge in [-0.1, -0.05) is 13.8 Å². The molecule has 0 spiro atoms. The number of rotatable bonds is 8. The first kappa shape index (κ1) is 14.9. The van der Waals surface area contributed by atoms with Crippen molar-refractivity contribution in [3.8, 4) is 0 Å². The molecule has 0 fully saturated rings. The van der Waals surface area contributed by atoms with Crippen molar-refractivity contribution in [3.05, 3.63) is 0 Å². The number of hydrogen-bond donors (Lipinski definition) is 1. The van der Waals surface area contributed by atoms with E-state index < -0.39 is 24.8 Å². The standard InChI is InChI=1S/C10H18O6/c1-3-5-14-8(11)7-16-10(13)9(12)15-6-4-2/h10,13H,3-7H2,1-2H3. The topological polar surface area (TPSA) is 82.1 Å². The second-order valence-electron chi connectivity index (χ2n) is 3.05. The lowest BCUT2D eigenvalue weighted by Crippen LogP contribution is -2.29. The molecule has 0 aliphatic heterocycles. The van der Waals surface area contributed by atoms with Crippen molar-refractivity contribution in [2.45, 2.75) is 33.0 Å². The van der Waals surface area contributed by atoms with Gasteiger partial charge < -0.3 is 19.3 Å². The summed E-state index contributed by atoms with van der Waals surface area (Å²) in [5.41, 5.74) is 0. The Hall–Kier alpha value is -1.14. The predicted molar refractivity (Wildman–Crippen MR) is 54.5 cm³/mol. The summed E-state index contributed by atoms with van der Waals surface area (Å²) in [5, 5.41) is 9.11. The molecular weight excluding hydrogens is 216 g/mol. The number of aliphatic hydroxyl groups is 1. The van der Waals surface area contributed by atoms with Gasteiger partial charge in [0, 0.05) is 0 Å². The molecule has 16 heavy (non-hydrogen) atoms. The number of ether oxygens (including phenoxy) is 3. The average molecular weight is 234 g/mol. The summed E-state index contributed by atoms with van der Waals surface area (Å²) in [5.74, 6) is -1.52. The van der Waals surface area contributed by atoms with Crippen LogP contribution in [-0.4, -0.2) is 43.2 Å². The van der Waals surface area contributed by atoms with E-state index in [9.17, 15) is 9.59 Å². The highest BCUT2D eigenvalue weighted by Gasteiger charge is 2.18. The van der Waals surface area contributed by atoms with E-state index in [-0.39, 0.29) is 6.61 Å². The van der Waals surface area contributed by atoms with Gasteiger partial charge in [-0.15, -0.1) is 0 Å². The van der Waals surface area contributed by atoms with E-state index in [2.05, 4.69) is 14.2 Å². The zero-order valence-corrected chi connectivity index (χ0v) is 9.60. The Morgan fingerprint density at radius 1 is 1.12 bits per heavy atom. The van der Waals surface area contributed by atoms with Crippen molar-refractivity contribution in [1.82, 2.24) is 0 Å². The molecule has 6 nitrogen and oxygen atoms in total. The quantitative estimate of drug-likeness (QED) is 0.478. The Labute approximate surface area is 94.5 Å². The highest BCUT2D eigenvalue weighted by atomic mass is 16.7. The number of carbonyl (C=O) groups is 2. The number of esters is 2. The Kier molecular flexibility index (Phi) is 8.46. The highest BCUT2D eigenvalue weighted by Crippen LogP contribution is 1.94. The molecule has 0 aromatic heterocycles. The van der Waals surface area contributed by atoms with Gasteiger partial charge in [0.1, 0.15) is 6.61 Å². The monoisotopic (exact) mass is 234 g/mol. The minimum absolute atomic E-state index is 0.208. The molecule has 0 aromatic carbocycles. The van der Waals surface area contributed by atoms with Crippen LogP contribution >= 0.6 is 0 Å². The molecular formula is C10H18O6. The first-order valence-electron chi connectivity index (χ1n) is 5.23. The molecule has 1 N–H and O–H groups in total. The maximum atomic E-state index is 11.0. The summed E-state index contributed by atoms with van der Waals surface area (Å²) in [6.07, 6.45) is -0.384. The van der Waals surface area contributed by atoms with E-state index in [1.165, 1.54) is 0 Å². The lowest BCUT2D eigenvalue weighted by Gasteiger charge is -2.10. The second-order valence-corrected chi connectivity index (χ2v) is 3.05.